The van der Waals surface area contributed by atoms with Crippen molar-refractivity contribution >= 4 is 23.4 Å². The lowest BCUT2D eigenvalue weighted by Crippen LogP contribution is -2.49. The highest BCUT2D eigenvalue weighted by molar-refractivity contribution is 5.92. The summed E-state index contributed by atoms with van der Waals surface area (Å²) >= 11 is 0. The molecule has 0 unspecified atom stereocenters. The predicted octanol–water partition coefficient (Wildman–Crippen LogP) is 2.72. The van der Waals surface area contributed by atoms with Gasteiger partial charge < -0.3 is 15.1 Å². The molecule has 1 aliphatic heterocycles. The van der Waals surface area contributed by atoms with Gasteiger partial charge in [-0.2, -0.15) is 0 Å². The molecule has 3 aromatic rings. The van der Waals surface area contributed by atoms with Gasteiger partial charge in [0.2, 0.25) is 5.95 Å². The lowest BCUT2D eigenvalue weighted by atomic mass is 10.2. The number of nitrogens with zero attached hydrogens (tertiary/aromatic N) is 5. The van der Waals surface area contributed by atoms with E-state index in [-0.39, 0.29) is 17.7 Å². The van der Waals surface area contributed by atoms with E-state index in [1.807, 2.05) is 18.2 Å². The zero-order valence-electron chi connectivity index (χ0n) is 15.1. The summed E-state index contributed by atoms with van der Waals surface area (Å²) in [4.78, 5) is 29.5. The molecule has 8 heteroatoms. The Morgan fingerprint density at radius 3 is 2.57 bits per heavy atom. The van der Waals surface area contributed by atoms with Crippen LogP contribution in [0.4, 0.5) is 21.8 Å². The van der Waals surface area contributed by atoms with Crippen molar-refractivity contribution in [2.24, 2.45) is 0 Å². The van der Waals surface area contributed by atoms with Crippen LogP contribution in [0.25, 0.3) is 0 Å². The molecule has 0 atom stereocenters. The lowest BCUT2D eigenvalue weighted by Gasteiger charge is -2.35. The van der Waals surface area contributed by atoms with Gasteiger partial charge in [0.25, 0.3) is 5.91 Å². The van der Waals surface area contributed by atoms with Gasteiger partial charge >= 0.3 is 0 Å². The van der Waals surface area contributed by atoms with Crippen LogP contribution in [0.2, 0.25) is 0 Å². The van der Waals surface area contributed by atoms with Gasteiger partial charge in [0.1, 0.15) is 17.3 Å². The second-order valence-corrected chi connectivity index (χ2v) is 6.37. The third-order valence-corrected chi connectivity index (χ3v) is 4.50. The molecule has 0 radical (unpaired) electrons. The molecule has 1 aromatic carbocycles. The number of halogens is 1. The Hall–Kier alpha value is -3.55. The van der Waals surface area contributed by atoms with E-state index < -0.39 is 0 Å². The lowest BCUT2D eigenvalue weighted by molar-refractivity contribution is 0.0740. The van der Waals surface area contributed by atoms with Crippen LogP contribution in [0, 0.1) is 5.82 Å². The molecule has 1 fully saturated rings. The SMILES string of the molecule is O=C(c1ccnc(Nc2cccc(F)c2)n1)N1CCN(c2ccccn2)CC1. The Morgan fingerprint density at radius 1 is 0.964 bits per heavy atom. The fourth-order valence-electron chi connectivity index (χ4n) is 3.07. The molecule has 142 valence electrons. The Bertz CT molecular complexity index is 960. The second kappa shape index (κ2) is 7.99. The molecule has 1 N–H and O–H groups in total. The molecule has 0 spiro atoms. The van der Waals surface area contributed by atoms with Crippen LogP contribution in [0.15, 0.2) is 60.9 Å². The summed E-state index contributed by atoms with van der Waals surface area (Å²) in [7, 11) is 0. The molecule has 4 rings (SSSR count). The topological polar surface area (TPSA) is 74.2 Å². The smallest absolute Gasteiger partial charge is 0.272 e. The Labute approximate surface area is 161 Å². The summed E-state index contributed by atoms with van der Waals surface area (Å²) < 4.78 is 13.3. The van der Waals surface area contributed by atoms with Crippen molar-refractivity contribution in [1.82, 2.24) is 19.9 Å². The highest BCUT2D eigenvalue weighted by Gasteiger charge is 2.23. The second-order valence-electron chi connectivity index (χ2n) is 6.37. The molecule has 2 aromatic heterocycles. The highest BCUT2D eigenvalue weighted by atomic mass is 19.1. The van der Waals surface area contributed by atoms with Crippen molar-refractivity contribution in [3.8, 4) is 0 Å². The number of amides is 1. The van der Waals surface area contributed by atoms with Crippen molar-refractivity contribution in [3.63, 3.8) is 0 Å². The maximum Gasteiger partial charge on any atom is 0.272 e. The number of nitrogens with one attached hydrogen (secondary N) is 1. The van der Waals surface area contributed by atoms with Crippen LogP contribution in [-0.4, -0.2) is 51.9 Å². The number of piperazine rings is 1. The van der Waals surface area contributed by atoms with Crippen LogP contribution in [0.3, 0.4) is 0 Å². The largest absolute Gasteiger partial charge is 0.353 e. The molecule has 1 amide bonds. The number of carbonyl (C=O) groups excluding carboxylic acids is 1. The van der Waals surface area contributed by atoms with Gasteiger partial charge in [-0.25, -0.2) is 19.3 Å². The van der Waals surface area contributed by atoms with Gasteiger partial charge in [0.15, 0.2) is 0 Å². The van der Waals surface area contributed by atoms with E-state index in [4.69, 9.17) is 0 Å². The number of hydrogen-bond acceptors (Lipinski definition) is 6. The van der Waals surface area contributed by atoms with Crippen molar-refractivity contribution in [3.05, 3.63) is 72.4 Å². The van der Waals surface area contributed by atoms with Crippen LogP contribution in [-0.2, 0) is 0 Å². The van der Waals surface area contributed by atoms with Crippen LogP contribution >= 0.6 is 0 Å². The van der Waals surface area contributed by atoms with E-state index in [9.17, 15) is 9.18 Å². The average Bonchev–Trinajstić information content (AvgIpc) is 2.74. The minimum Gasteiger partial charge on any atom is -0.353 e. The van der Waals surface area contributed by atoms with Crippen molar-refractivity contribution in [2.75, 3.05) is 36.4 Å². The molecule has 0 bridgehead atoms. The summed E-state index contributed by atoms with van der Waals surface area (Å²) in [5, 5.41) is 2.92. The number of benzene rings is 1. The molecule has 1 aliphatic rings. The number of anilines is 3. The van der Waals surface area contributed by atoms with Gasteiger partial charge in [-0.3, -0.25) is 4.79 Å². The molecule has 1 saturated heterocycles. The summed E-state index contributed by atoms with van der Waals surface area (Å²) in [6, 6.07) is 13.4. The first-order valence-corrected chi connectivity index (χ1v) is 9.00. The third-order valence-electron chi connectivity index (χ3n) is 4.50. The quantitative estimate of drug-likeness (QED) is 0.753. The molecular formula is C20H19FN6O. The minimum atomic E-state index is -0.358. The van der Waals surface area contributed by atoms with Gasteiger partial charge in [0.05, 0.1) is 0 Å². The summed E-state index contributed by atoms with van der Waals surface area (Å²) in [5.74, 6) is 0.662. The van der Waals surface area contributed by atoms with Gasteiger partial charge in [0, 0.05) is 44.3 Å². The minimum absolute atomic E-state index is 0.148. The van der Waals surface area contributed by atoms with E-state index in [1.165, 1.54) is 18.3 Å². The predicted molar refractivity (Wildman–Crippen MR) is 104 cm³/mol. The first-order chi connectivity index (χ1) is 13.7. The van der Waals surface area contributed by atoms with Crippen molar-refractivity contribution < 1.29 is 9.18 Å². The Kier molecular flexibility index (Phi) is 5.09. The highest BCUT2D eigenvalue weighted by Crippen LogP contribution is 2.16. The van der Waals surface area contributed by atoms with Gasteiger partial charge in [-0.15, -0.1) is 0 Å². The summed E-state index contributed by atoms with van der Waals surface area (Å²) in [5.41, 5.74) is 0.828. The molecule has 28 heavy (non-hydrogen) atoms. The molecule has 0 aliphatic carbocycles. The maximum absolute atomic E-state index is 13.3. The Morgan fingerprint density at radius 2 is 1.82 bits per heavy atom. The normalized spacial score (nSPS) is 14.0. The molecule has 3 heterocycles. The fraction of sp³-hybridized carbons (Fsp3) is 0.200. The number of carbonyl (C=O) groups is 1. The van der Waals surface area contributed by atoms with Crippen LogP contribution in [0.5, 0.6) is 0 Å². The zero-order valence-corrected chi connectivity index (χ0v) is 15.1. The van der Waals surface area contributed by atoms with Crippen molar-refractivity contribution in [2.45, 2.75) is 0 Å². The standard InChI is InChI=1S/C20H19FN6O/c21-15-4-3-5-16(14-15)24-20-23-9-7-17(25-20)19(28)27-12-10-26(11-13-27)18-6-1-2-8-22-18/h1-9,14H,10-13H2,(H,23,24,25). The third kappa shape index (κ3) is 4.06. The van der Waals surface area contributed by atoms with Crippen LogP contribution < -0.4 is 10.2 Å². The van der Waals surface area contributed by atoms with E-state index in [1.54, 1.807) is 29.3 Å². The zero-order chi connectivity index (χ0) is 19.3. The fourth-order valence-corrected chi connectivity index (χ4v) is 3.07. The molecule has 7 nitrogen and oxygen atoms in total. The van der Waals surface area contributed by atoms with Gasteiger partial charge in [-0.05, 0) is 36.4 Å². The van der Waals surface area contributed by atoms with Crippen LogP contribution in [0.1, 0.15) is 10.5 Å². The number of aromatic nitrogens is 3. The monoisotopic (exact) mass is 378 g/mol. The maximum atomic E-state index is 13.3. The van der Waals surface area contributed by atoms with Crippen molar-refractivity contribution in [1.29, 1.82) is 0 Å². The average molecular weight is 378 g/mol. The summed E-state index contributed by atoms with van der Waals surface area (Å²) in [6.45, 7) is 2.60. The first-order valence-electron chi connectivity index (χ1n) is 9.00. The van der Waals surface area contributed by atoms with E-state index in [0.29, 0.717) is 37.6 Å². The molecular weight excluding hydrogens is 359 g/mol. The number of pyridine rings is 1. The number of rotatable bonds is 4. The van der Waals surface area contributed by atoms with E-state index in [2.05, 4.69) is 25.2 Å². The Balaban J connectivity index is 1.41. The van der Waals surface area contributed by atoms with Gasteiger partial charge in [-0.1, -0.05) is 12.1 Å². The molecule has 0 saturated carbocycles. The number of hydrogen-bond donors (Lipinski definition) is 1. The van der Waals surface area contributed by atoms with E-state index >= 15 is 0 Å². The summed E-state index contributed by atoms with van der Waals surface area (Å²) in [6.07, 6.45) is 3.28. The first kappa shape index (κ1) is 17.8. The van der Waals surface area contributed by atoms with E-state index in [0.717, 1.165) is 5.82 Å².